The summed E-state index contributed by atoms with van der Waals surface area (Å²) in [4.78, 5) is 0. The van der Waals surface area contributed by atoms with Crippen molar-refractivity contribution in [3.63, 3.8) is 0 Å². The van der Waals surface area contributed by atoms with Crippen LogP contribution in [0.5, 0.6) is 0 Å². The van der Waals surface area contributed by atoms with Crippen molar-refractivity contribution in [3.8, 4) is 0 Å². The van der Waals surface area contributed by atoms with Crippen LogP contribution in [0, 0.1) is 5.92 Å². The molecule has 0 aromatic carbocycles. The Hall–Kier alpha value is 0.726. The Morgan fingerprint density at radius 2 is 1.22 bits per heavy atom. The summed E-state index contributed by atoms with van der Waals surface area (Å²) in [5.74, 6) is 0.560. The van der Waals surface area contributed by atoms with Crippen molar-refractivity contribution in [1.82, 2.24) is 0 Å². The van der Waals surface area contributed by atoms with E-state index in [1.807, 2.05) is 0 Å². The molecule has 0 fully saturated rings. The lowest BCUT2D eigenvalue weighted by Gasteiger charge is -2.08. The number of aliphatic hydroxyl groups is 1. The lowest BCUT2D eigenvalue weighted by molar-refractivity contribution is 0.212. The normalized spacial score (nSPS) is 10.7. The van der Waals surface area contributed by atoms with Crippen molar-refractivity contribution in [3.05, 3.63) is 0 Å². The van der Waals surface area contributed by atoms with Gasteiger partial charge in [-0.15, -0.1) is 9.10 Å². The zero-order valence-corrected chi connectivity index (χ0v) is 19.0. The Morgan fingerprint density at radius 1 is 0.696 bits per heavy atom. The third-order valence-corrected chi connectivity index (χ3v) is 5.92. The largest absolute Gasteiger partial charge is 0.396 e. The number of hydrogen-bond acceptors (Lipinski definition) is 1. The van der Waals surface area contributed by atoms with Crippen molar-refractivity contribution in [1.29, 1.82) is 0 Å². The van der Waals surface area contributed by atoms with Gasteiger partial charge in [0.25, 0.3) is 0 Å². The van der Waals surface area contributed by atoms with Gasteiger partial charge in [0.2, 0.25) is 0 Å². The minimum absolute atomic E-state index is 0.372. The molecule has 23 heavy (non-hydrogen) atoms. The average molecular weight is 341 g/mol. The van der Waals surface area contributed by atoms with Crippen LogP contribution in [-0.4, -0.2) is 32.1 Å². The third-order valence-electron chi connectivity index (χ3n) is 4.22. The van der Waals surface area contributed by atoms with E-state index in [1.165, 1.54) is 68.8 Å². The predicted molar refractivity (Wildman–Crippen MR) is 111 cm³/mol. The van der Waals surface area contributed by atoms with Gasteiger partial charge in [0.1, 0.15) is 0 Å². The summed E-state index contributed by atoms with van der Waals surface area (Å²) in [5.41, 5.74) is 0. The Kier molecular flexibility index (Phi) is 37.9. The maximum absolute atomic E-state index is 8.75. The van der Waals surface area contributed by atoms with Gasteiger partial charge in [-0.1, -0.05) is 106 Å². The van der Waals surface area contributed by atoms with Gasteiger partial charge in [0, 0.05) is 6.61 Å². The fraction of sp³-hybridized carbons (Fsp3) is 1.00. The summed E-state index contributed by atoms with van der Waals surface area (Å²) in [6.45, 7) is 13.8. The molecule has 140 valence electrons. The summed E-state index contributed by atoms with van der Waals surface area (Å²) in [7, 11) is 0. The van der Waals surface area contributed by atoms with Crippen LogP contribution >= 0.6 is 0 Å². The second-order valence-electron chi connectivity index (χ2n) is 6.72. The summed E-state index contributed by atoms with van der Waals surface area (Å²) in [6.07, 6.45) is 14.7. The average Bonchev–Trinajstić information content (AvgIpc) is 2.58. The standard InChI is InChI=1S/C8H18O.C7H16.C4H9.C2H5.Mg/c1-3-5-6-8(4-2)7-9;1-3-5-7-6-4-2;1-3-4-2;1-2;/h8-9H,3-7H2,1-2H3;3-7H2,1-2H3;1,3-4H2,2H3;1H2,2H3;. The summed E-state index contributed by atoms with van der Waals surface area (Å²) < 4.78 is 3.08. The van der Waals surface area contributed by atoms with Gasteiger partial charge in [-0.25, -0.2) is 0 Å². The molecule has 0 saturated heterocycles. The molecule has 0 bridgehead atoms. The van der Waals surface area contributed by atoms with Gasteiger partial charge < -0.3 is 5.11 Å². The monoisotopic (exact) mass is 340 g/mol. The fourth-order valence-corrected chi connectivity index (χ4v) is 3.62. The Labute approximate surface area is 159 Å². The third kappa shape index (κ3) is 34.9. The van der Waals surface area contributed by atoms with Crippen LogP contribution in [-0.2, 0) is 0 Å². The molecule has 1 atom stereocenters. The number of hydrogen-bond donors (Lipinski definition) is 1. The van der Waals surface area contributed by atoms with E-state index in [0.717, 1.165) is 6.42 Å². The SMILES string of the molecule is CCCCC(CC)CO.CCCCCCC.CCC[CH2][Mg][CH2]C. The number of rotatable bonds is 13. The topological polar surface area (TPSA) is 20.2 Å². The lowest BCUT2D eigenvalue weighted by atomic mass is 10.0. The molecular formula is C21H48MgO. The molecule has 0 rings (SSSR count). The molecule has 2 heteroatoms. The molecule has 0 heterocycles. The van der Waals surface area contributed by atoms with Crippen molar-refractivity contribution < 1.29 is 5.11 Å². The molecule has 0 aromatic heterocycles. The molecular weight excluding hydrogens is 293 g/mol. The van der Waals surface area contributed by atoms with Crippen LogP contribution in [0.3, 0.4) is 0 Å². The molecule has 1 unspecified atom stereocenters. The number of unbranched alkanes of at least 4 members (excludes halogenated alkanes) is 6. The highest BCUT2D eigenvalue weighted by Gasteiger charge is 2.01. The molecule has 0 aliphatic rings. The predicted octanol–water partition coefficient (Wildman–Crippen LogP) is 7.52. The van der Waals surface area contributed by atoms with Crippen LogP contribution in [0.1, 0.15) is 112 Å². The van der Waals surface area contributed by atoms with E-state index < -0.39 is 0 Å². The summed E-state index contributed by atoms with van der Waals surface area (Å²) >= 11 is 0.411. The van der Waals surface area contributed by atoms with Crippen molar-refractivity contribution in [2.75, 3.05) is 6.61 Å². The van der Waals surface area contributed by atoms with E-state index in [-0.39, 0.29) is 0 Å². The highest BCUT2D eigenvalue weighted by molar-refractivity contribution is 6.35. The molecule has 0 spiro atoms. The zero-order chi connectivity index (χ0) is 18.2. The maximum atomic E-state index is 8.75. The summed E-state index contributed by atoms with van der Waals surface area (Å²) in [5, 5.41) is 8.75. The minimum atomic E-state index is 0.372. The zero-order valence-electron chi connectivity index (χ0n) is 17.6. The van der Waals surface area contributed by atoms with Crippen LogP contribution in [0.15, 0.2) is 0 Å². The Balaban J connectivity index is -0.000000264. The Bertz CT molecular complexity index is 140. The molecule has 1 N–H and O–H groups in total. The fourth-order valence-electron chi connectivity index (χ4n) is 2.27. The van der Waals surface area contributed by atoms with Gasteiger partial charge in [0.05, 0.1) is 0 Å². The number of aliphatic hydroxyl groups excluding tert-OH is 1. The minimum Gasteiger partial charge on any atom is -0.396 e. The molecule has 0 aliphatic carbocycles. The van der Waals surface area contributed by atoms with Crippen molar-refractivity contribution >= 4 is 20.4 Å². The van der Waals surface area contributed by atoms with E-state index in [4.69, 9.17) is 5.11 Å². The van der Waals surface area contributed by atoms with Gasteiger partial charge >= 0.3 is 20.4 Å². The van der Waals surface area contributed by atoms with Gasteiger partial charge in [-0.2, -0.15) is 0 Å². The van der Waals surface area contributed by atoms with Crippen molar-refractivity contribution in [2.45, 2.75) is 121 Å². The Morgan fingerprint density at radius 3 is 1.57 bits per heavy atom. The molecule has 0 aromatic rings. The first-order chi connectivity index (χ1) is 11.2. The highest BCUT2D eigenvalue weighted by Crippen LogP contribution is 2.10. The lowest BCUT2D eigenvalue weighted by Crippen LogP contribution is -2.03. The molecule has 0 saturated carbocycles. The van der Waals surface area contributed by atoms with E-state index in [9.17, 15) is 0 Å². The molecule has 0 radical (unpaired) electrons. The second kappa shape index (κ2) is 30.6. The molecule has 0 amide bonds. The van der Waals surface area contributed by atoms with E-state index in [1.54, 1.807) is 4.55 Å². The first-order valence-corrected chi connectivity index (χ1v) is 12.8. The van der Waals surface area contributed by atoms with E-state index >= 15 is 0 Å². The van der Waals surface area contributed by atoms with E-state index in [0.29, 0.717) is 32.9 Å². The van der Waals surface area contributed by atoms with Crippen LogP contribution in [0.4, 0.5) is 0 Å². The van der Waals surface area contributed by atoms with Crippen LogP contribution in [0.2, 0.25) is 9.10 Å². The van der Waals surface area contributed by atoms with Gasteiger partial charge in [-0.3, -0.25) is 0 Å². The first-order valence-electron chi connectivity index (χ1n) is 10.8. The van der Waals surface area contributed by atoms with Gasteiger partial charge in [0.15, 0.2) is 0 Å². The molecule has 1 nitrogen and oxygen atoms in total. The van der Waals surface area contributed by atoms with Crippen LogP contribution in [0.25, 0.3) is 0 Å². The second-order valence-corrected chi connectivity index (χ2v) is 9.13. The smallest absolute Gasteiger partial charge is 0.363 e. The highest BCUT2D eigenvalue weighted by atomic mass is 24.5. The maximum Gasteiger partial charge on any atom is 0.363 e. The van der Waals surface area contributed by atoms with E-state index in [2.05, 4.69) is 41.5 Å². The van der Waals surface area contributed by atoms with Crippen LogP contribution < -0.4 is 0 Å². The molecule has 0 aliphatic heterocycles. The quantitative estimate of drug-likeness (QED) is 0.271. The first kappa shape index (κ1) is 28.5. The van der Waals surface area contributed by atoms with Crippen molar-refractivity contribution in [2.24, 2.45) is 5.92 Å². The summed E-state index contributed by atoms with van der Waals surface area (Å²) in [6, 6.07) is 0. The van der Waals surface area contributed by atoms with Gasteiger partial charge in [-0.05, 0) is 12.3 Å².